The lowest BCUT2D eigenvalue weighted by molar-refractivity contribution is -0.126. The second-order valence-electron chi connectivity index (χ2n) is 7.36. The summed E-state index contributed by atoms with van der Waals surface area (Å²) in [5.74, 6) is -0.768. The van der Waals surface area contributed by atoms with Crippen molar-refractivity contribution in [1.82, 2.24) is 9.62 Å². The third-order valence-electron chi connectivity index (χ3n) is 5.12. The minimum absolute atomic E-state index is 0.124. The molecule has 2 aromatic rings. The Kier molecular flexibility index (Phi) is 7.22. The van der Waals surface area contributed by atoms with Gasteiger partial charge in [0.15, 0.2) is 0 Å². The van der Waals surface area contributed by atoms with E-state index in [1.807, 2.05) is 31.2 Å². The van der Waals surface area contributed by atoms with Crippen LogP contribution in [0.3, 0.4) is 0 Å². The molecule has 0 aromatic heterocycles. The number of carbonyl (C=O) groups is 1. The first kappa shape index (κ1) is 22.1. The molecule has 5 nitrogen and oxygen atoms in total. The highest BCUT2D eigenvalue weighted by molar-refractivity contribution is 7.88. The summed E-state index contributed by atoms with van der Waals surface area (Å²) in [6.45, 7) is 3.00. The van der Waals surface area contributed by atoms with Crippen molar-refractivity contribution in [3.8, 4) is 0 Å². The third kappa shape index (κ3) is 5.72. The summed E-state index contributed by atoms with van der Waals surface area (Å²) in [6, 6.07) is 12.9. The van der Waals surface area contributed by atoms with Crippen molar-refractivity contribution in [3.63, 3.8) is 0 Å². The fourth-order valence-corrected chi connectivity index (χ4v) is 5.75. The number of hydrogen-bond acceptors (Lipinski definition) is 3. The first-order valence-corrected chi connectivity index (χ1v) is 11.9. The zero-order valence-electron chi connectivity index (χ0n) is 16.2. The summed E-state index contributed by atoms with van der Waals surface area (Å²) < 4.78 is 27.2. The number of piperidine rings is 1. The Balaban J connectivity index is 1.63. The Labute approximate surface area is 182 Å². The van der Waals surface area contributed by atoms with Gasteiger partial charge in [-0.05, 0) is 37.5 Å². The van der Waals surface area contributed by atoms with Crippen LogP contribution in [0.2, 0.25) is 10.0 Å². The Hall–Kier alpha value is -1.60. The largest absolute Gasteiger partial charge is 0.352 e. The highest BCUT2D eigenvalue weighted by Gasteiger charge is 2.33. The monoisotopic (exact) mass is 454 g/mol. The number of nitrogens with zero attached hydrogens (tertiary/aromatic N) is 1. The van der Waals surface area contributed by atoms with Crippen LogP contribution in [-0.2, 0) is 27.1 Å². The van der Waals surface area contributed by atoms with Gasteiger partial charge >= 0.3 is 0 Å². The van der Waals surface area contributed by atoms with Crippen LogP contribution in [0.15, 0.2) is 42.5 Å². The number of benzene rings is 2. The molecule has 29 heavy (non-hydrogen) atoms. The second-order valence-corrected chi connectivity index (χ2v) is 10.1. The number of aryl methyl sites for hydroxylation is 1. The molecule has 1 N–H and O–H groups in total. The number of sulfonamides is 1. The van der Waals surface area contributed by atoms with Crippen LogP contribution in [0.4, 0.5) is 0 Å². The van der Waals surface area contributed by atoms with E-state index in [9.17, 15) is 13.2 Å². The molecule has 0 radical (unpaired) electrons. The van der Waals surface area contributed by atoms with E-state index in [-0.39, 0.29) is 24.1 Å². The third-order valence-corrected chi connectivity index (χ3v) is 7.60. The van der Waals surface area contributed by atoms with Gasteiger partial charge in [-0.25, -0.2) is 12.7 Å². The zero-order valence-corrected chi connectivity index (χ0v) is 18.5. The van der Waals surface area contributed by atoms with Crippen LogP contribution in [0.1, 0.15) is 29.5 Å². The number of halogens is 2. The number of nitrogens with one attached hydrogen (secondary N) is 1. The molecule has 1 unspecified atom stereocenters. The van der Waals surface area contributed by atoms with Gasteiger partial charge in [0.05, 0.1) is 11.7 Å². The molecular formula is C21H24Cl2N2O3S. The molecule has 156 valence electrons. The predicted molar refractivity (Wildman–Crippen MR) is 116 cm³/mol. The Morgan fingerprint density at radius 1 is 1.14 bits per heavy atom. The summed E-state index contributed by atoms with van der Waals surface area (Å²) in [6.07, 6.45) is 1.30. The molecule has 1 heterocycles. The lowest BCUT2D eigenvalue weighted by Crippen LogP contribution is -2.45. The highest BCUT2D eigenvalue weighted by atomic mass is 35.5. The van der Waals surface area contributed by atoms with E-state index in [0.29, 0.717) is 41.5 Å². The van der Waals surface area contributed by atoms with Gasteiger partial charge < -0.3 is 5.32 Å². The molecule has 2 aromatic carbocycles. The fraction of sp³-hybridized carbons (Fsp3) is 0.381. The van der Waals surface area contributed by atoms with E-state index < -0.39 is 10.0 Å². The van der Waals surface area contributed by atoms with E-state index in [4.69, 9.17) is 23.2 Å². The fourth-order valence-electron chi connectivity index (χ4n) is 3.39. The van der Waals surface area contributed by atoms with Gasteiger partial charge in [0.2, 0.25) is 15.9 Å². The van der Waals surface area contributed by atoms with E-state index in [0.717, 1.165) is 11.1 Å². The average Bonchev–Trinajstić information content (AvgIpc) is 2.70. The molecule has 1 aliphatic rings. The summed E-state index contributed by atoms with van der Waals surface area (Å²) in [4.78, 5) is 12.6. The van der Waals surface area contributed by atoms with Crippen molar-refractivity contribution in [2.45, 2.75) is 32.1 Å². The van der Waals surface area contributed by atoms with Crippen LogP contribution < -0.4 is 5.32 Å². The zero-order chi connectivity index (χ0) is 21.0. The molecule has 3 rings (SSSR count). The van der Waals surface area contributed by atoms with Crippen molar-refractivity contribution in [3.05, 3.63) is 69.2 Å². The first-order chi connectivity index (χ1) is 13.8. The molecule has 0 saturated carbocycles. The standard InChI is InChI=1S/C21H24Cl2N2O3S/c1-15-7-9-16(10-8-15)12-24-21(26)17-4-3-11-25(13-17)29(27,28)14-18-19(22)5-2-6-20(18)23/h2,5-10,17H,3-4,11-14H2,1H3,(H,24,26). The molecular weight excluding hydrogens is 431 g/mol. The minimum Gasteiger partial charge on any atom is -0.352 e. The lowest BCUT2D eigenvalue weighted by atomic mass is 9.98. The highest BCUT2D eigenvalue weighted by Crippen LogP contribution is 2.29. The number of hydrogen-bond donors (Lipinski definition) is 1. The van der Waals surface area contributed by atoms with Crippen LogP contribution >= 0.6 is 23.2 Å². The molecule has 1 fully saturated rings. The van der Waals surface area contributed by atoms with Crippen molar-refractivity contribution in [2.24, 2.45) is 5.92 Å². The number of amides is 1. The molecule has 0 bridgehead atoms. The van der Waals surface area contributed by atoms with Gasteiger partial charge in [0.25, 0.3) is 0 Å². The van der Waals surface area contributed by atoms with Gasteiger partial charge in [-0.2, -0.15) is 0 Å². The maximum atomic E-state index is 12.9. The van der Waals surface area contributed by atoms with E-state index in [1.165, 1.54) is 4.31 Å². The SMILES string of the molecule is Cc1ccc(CNC(=O)C2CCCN(S(=O)(=O)Cc3c(Cl)cccc3Cl)C2)cc1. The molecule has 0 aliphatic carbocycles. The van der Waals surface area contributed by atoms with Crippen molar-refractivity contribution in [1.29, 1.82) is 0 Å². The molecule has 1 amide bonds. The van der Waals surface area contributed by atoms with Gasteiger partial charge in [-0.3, -0.25) is 4.79 Å². The van der Waals surface area contributed by atoms with Crippen LogP contribution in [0.25, 0.3) is 0 Å². The van der Waals surface area contributed by atoms with Crippen LogP contribution in [-0.4, -0.2) is 31.7 Å². The average molecular weight is 455 g/mol. The smallest absolute Gasteiger partial charge is 0.224 e. The first-order valence-electron chi connectivity index (χ1n) is 9.50. The van der Waals surface area contributed by atoms with E-state index >= 15 is 0 Å². The maximum absolute atomic E-state index is 12.9. The Morgan fingerprint density at radius 3 is 2.45 bits per heavy atom. The molecule has 8 heteroatoms. The predicted octanol–water partition coefficient (Wildman–Crippen LogP) is 4.16. The van der Waals surface area contributed by atoms with Crippen molar-refractivity contribution in [2.75, 3.05) is 13.1 Å². The normalized spacial score (nSPS) is 17.8. The van der Waals surface area contributed by atoms with Crippen LogP contribution in [0.5, 0.6) is 0 Å². The lowest BCUT2D eigenvalue weighted by Gasteiger charge is -2.31. The summed E-state index contributed by atoms with van der Waals surface area (Å²) in [5.41, 5.74) is 2.56. The maximum Gasteiger partial charge on any atom is 0.224 e. The van der Waals surface area contributed by atoms with Gasteiger partial charge in [-0.15, -0.1) is 0 Å². The Morgan fingerprint density at radius 2 is 1.79 bits per heavy atom. The molecule has 0 spiro atoms. The molecule has 1 saturated heterocycles. The van der Waals surface area contributed by atoms with Crippen molar-refractivity contribution >= 4 is 39.1 Å². The second kappa shape index (κ2) is 9.47. The Bertz CT molecular complexity index is 958. The topological polar surface area (TPSA) is 66.5 Å². The van der Waals surface area contributed by atoms with E-state index in [2.05, 4.69) is 5.32 Å². The number of rotatable bonds is 6. The van der Waals surface area contributed by atoms with Crippen molar-refractivity contribution < 1.29 is 13.2 Å². The summed E-state index contributed by atoms with van der Waals surface area (Å²) >= 11 is 12.3. The van der Waals surface area contributed by atoms with Crippen LogP contribution in [0, 0.1) is 12.8 Å². The summed E-state index contributed by atoms with van der Waals surface area (Å²) in [7, 11) is -3.64. The van der Waals surface area contributed by atoms with E-state index in [1.54, 1.807) is 18.2 Å². The molecule has 1 aliphatic heterocycles. The van der Waals surface area contributed by atoms with Gasteiger partial charge in [0, 0.05) is 35.2 Å². The van der Waals surface area contributed by atoms with Gasteiger partial charge in [-0.1, -0.05) is 59.1 Å². The quantitative estimate of drug-likeness (QED) is 0.712. The van der Waals surface area contributed by atoms with Gasteiger partial charge in [0.1, 0.15) is 0 Å². The summed E-state index contributed by atoms with van der Waals surface area (Å²) in [5, 5.41) is 3.57. The molecule has 1 atom stereocenters. The minimum atomic E-state index is -3.64. The number of carbonyl (C=O) groups excluding carboxylic acids is 1.